The quantitative estimate of drug-likeness (QED) is 0.650. The standard InChI is InChI=1S/C20H20N2O3S/c23-19-17(20(24)22(21-19)14-7-3-1-4-8-14)13-15-11-12-18(25-15)26-16-9-5-2-6-10-16/h1,3-4,7-8,11-13,16H,2,5-6,9-10H2,(H,21,23). The fourth-order valence-corrected chi connectivity index (χ4v) is 4.47. The van der Waals surface area contributed by atoms with Crippen LogP contribution < -0.4 is 10.4 Å². The van der Waals surface area contributed by atoms with E-state index < -0.39 is 5.91 Å². The largest absolute Gasteiger partial charge is 0.450 e. The Kier molecular flexibility index (Phi) is 4.84. The lowest BCUT2D eigenvalue weighted by Gasteiger charge is -2.19. The summed E-state index contributed by atoms with van der Waals surface area (Å²) in [5.74, 6) is -0.271. The number of hydrazine groups is 1. The molecule has 1 saturated carbocycles. The fourth-order valence-electron chi connectivity index (χ4n) is 3.28. The molecule has 2 heterocycles. The van der Waals surface area contributed by atoms with Gasteiger partial charge >= 0.3 is 0 Å². The number of furan rings is 1. The summed E-state index contributed by atoms with van der Waals surface area (Å²) in [6.07, 6.45) is 7.83. The highest BCUT2D eigenvalue weighted by molar-refractivity contribution is 7.99. The van der Waals surface area contributed by atoms with Crippen molar-refractivity contribution in [3.8, 4) is 0 Å². The third kappa shape index (κ3) is 3.55. The average molecular weight is 368 g/mol. The first kappa shape index (κ1) is 17.0. The molecule has 6 heteroatoms. The van der Waals surface area contributed by atoms with Crippen molar-refractivity contribution >= 4 is 35.3 Å². The minimum atomic E-state index is -0.420. The minimum absolute atomic E-state index is 0.0809. The predicted molar refractivity (Wildman–Crippen MR) is 101 cm³/mol. The number of nitrogens with zero attached hydrogens (tertiary/aromatic N) is 1. The van der Waals surface area contributed by atoms with Crippen molar-refractivity contribution in [1.29, 1.82) is 0 Å². The number of carbonyl (C=O) groups excluding carboxylic acids is 2. The van der Waals surface area contributed by atoms with Crippen LogP contribution in [0.3, 0.4) is 0 Å². The van der Waals surface area contributed by atoms with Gasteiger partial charge in [0.25, 0.3) is 11.8 Å². The molecule has 2 aromatic rings. The molecule has 134 valence electrons. The van der Waals surface area contributed by atoms with Gasteiger partial charge in [-0.25, -0.2) is 5.01 Å². The maximum absolute atomic E-state index is 12.6. The molecule has 1 aliphatic heterocycles. The normalized spacial score (nSPS) is 20.0. The van der Waals surface area contributed by atoms with Crippen molar-refractivity contribution in [2.45, 2.75) is 42.4 Å². The molecule has 0 spiro atoms. The van der Waals surface area contributed by atoms with Gasteiger partial charge < -0.3 is 4.42 Å². The smallest absolute Gasteiger partial charge is 0.282 e. The van der Waals surface area contributed by atoms with Crippen LogP contribution in [-0.2, 0) is 9.59 Å². The molecule has 1 saturated heterocycles. The second-order valence-corrected chi connectivity index (χ2v) is 7.81. The number of nitrogens with one attached hydrogen (secondary N) is 1. The van der Waals surface area contributed by atoms with Crippen LogP contribution in [0.4, 0.5) is 5.69 Å². The van der Waals surface area contributed by atoms with Gasteiger partial charge in [0.15, 0.2) is 5.09 Å². The van der Waals surface area contributed by atoms with E-state index in [9.17, 15) is 9.59 Å². The lowest BCUT2D eigenvalue weighted by atomic mass is 10.0. The maximum Gasteiger partial charge on any atom is 0.282 e. The number of thioether (sulfide) groups is 1. The number of hydrogen-bond donors (Lipinski definition) is 1. The van der Waals surface area contributed by atoms with Gasteiger partial charge in [0.2, 0.25) is 0 Å². The summed E-state index contributed by atoms with van der Waals surface area (Å²) < 4.78 is 5.82. The topological polar surface area (TPSA) is 62.6 Å². The van der Waals surface area contributed by atoms with Gasteiger partial charge in [0.1, 0.15) is 11.3 Å². The zero-order valence-electron chi connectivity index (χ0n) is 14.3. The van der Waals surface area contributed by atoms with Crippen LogP contribution in [0.1, 0.15) is 37.9 Å². The third-order valence-corrected chi connectivity index (χ3v) is 5.89. The van der Waals surface area contributed by atoms with Crippen molar-refractivity contribution < 1.29 is 14.0 Å². The second-order valence-electron chi connectivity index (χ2n) is 6.51. The van der Waals surface area contributed by atoms with Crippen molar-refractivity contribution in [3.05, 3.63) is 53.8 Å². The van der Waals surface area contributed by atoms with E-state index in [2.05, 4.69) is 5.43 Å². The number of para-hydroxylation sites is 1. The third-order valence-electron chi connectivity index (χ3n) is 4.63. The van der Waals surface area contributed by atoms with Crippen LogP contribution in [0.2, 0.25) is 0 Å². The first-order chi connectivity index (χ1) is 12.7. The average Bonchev–Trinajstić information content (AvgIpc) is 3.23. The van der Waals surface area contributed by atoms with Crippen LogP contribution in [0.15, 0.2) is 57.5 Å². The van der Waals surface area contributed by atoms with E-state index in [4.69, 9.17) is 4.42 Å². The summed E-state index contributed by atoms with van der Waals surface area (Å²) in [6, 6.07) is 12.8. The molecule has 1 aliphatic carbocycles. The number of amides is 2. The molecule has 2 aliphatic rings. The van der Waals surface area contributed by atoms with E-state index in [1.165, 1.54) is 43.2 Å². The van der Waals surface area contributed by atoms with Crippen LogP contribution >= 0.6 is 11.8 Å². The molecule has 1 N–H and O–H groups in total. The Morgan fingerprint density at radius 2 is 1.81 bits per heavy atom. The van der Waals surface area contributed by atoms with Gasteiger partial charge in [0, 0.05) is 5.25 Å². The van der Waals surface area contributed by atoms with E-state index in [1.54, 1.807) is 23.9 Å². The molecule has 1 aromatic heterocycles. The molecule has 26 heavy (non-hydrogen) atoms. The lowest BCUT2D eigenvalue weighted by molar-refractivity contribution is -0.117. The van der Waals surface area contributed by atoms with Gasteiger partial charge in [-0.1, -0.05) is 49.2 Å². The van der Waals surface area contributed by atoms with E-state index in [1.807, 2.05) is 30.3 Å². The predicted octanol–water partition coefficient (Wildman–Crippen LogP) is 4.17. The molecule has 0 atom stereocenters. The van der Waals surface area contributed by atoms with Crippen LogP contribution in [0, 0.1) is 0 Å². The highest BCUT2D eigenvalue weighted by Gasteiger charge is 2.34. The van der Waals surface area contributed by atoms with Crippen molar-refractivity contribution in [1.82, 2.24) is 5.43 Å². The summed E-state index contributed by atoms with van der Waals surface area (Å²) in [4.78, 5) is 24.8. The van der Waals surface area contributed by atoms with Crippen LogP contribution in [0.25, 0.3) is 6.08 Å². The second kappa shape index (κ2) is 7.41. The van der Waals surface area contributed by atoms with E-state index in [0.29, 0.717) is 16.7 Å². The van der Waals surface area contributed by atoms with Crippen molar-refractivity contribution in [3.63, 3.8) is 0 Å². The molecule has 1 aromatic carbocycles. The monoisotopic (exact) mass is 368 g/mol. The number of anilines is 1. The Hall–Kier alpha value is -2.47. The molecular weight excluding hydrogens is 348 g/mol. The highest BCUT2D eigenvalue weighted by atomic mass is 32.2. The van der Waals surface area contributed by atoms with Gasteiger partial charge in [0.05, 0.1) is 5.69 Å². The molecule has 5 nitrogen and oxygen atoms in total. The molecule has 2 amide bonds. The number of hydrogen-bond acceptors (Lipinski definition) is 4. The Morgan fingerprint density at radius 1 is 1.04 bits per heavy atom. The zero-order chi connectivity index (χ0) is 17.9. The summed E-state index contributed by atoms with van der Waals surface area (Å²) in [6.45, 7) is 0. The Bertz CT molecular complexity index is 838. The molecular formula is C20H20N2O3S. The number of carbonyl (C=O) groups is 2. The Morgan fingerprint density at radius 3 is 2.58 bits per heavy atom. The zero-order valence-corrected chi connectivity index (χ0v) is 15.1. The van der Waals surface area contributed by atoms with Crippen LogP contribution in [0.5, 0.6) is 0 Å². The first-order valence-electron chi connectivity index (χ1n) is 8.89. The van der Waals surface area contributed by atoms with Gasteiger partial charge in [-0.15, -0.1) is 0 Å². The summed E-state index contributed by atoms with van der Waals surface area (Å²) in [5.41, 5.74) is 3.30. The SMILES string of the molecule is O=C1NN(c2ccccc2)C(=O)C1=Cc1ccc(SC2CCCCC2)o1. The van der Waals surface area contributed by atoms with Crippen LogP contribution in [-0.4, -0.2) is 17.1 Å². The van der Waals surface area contributed by atoms with Gasteiger partial charge in [-0.05, 0) is 43.2 Å². The molecule has 0 radical (unpaired) electrons. The van der Waals surface area contributed by atoms with E-state index >= 15 is 0 Å². The molecule has 0 bridgehead atoms. The molecule has 4 rings (SSSR count). The van der Waals surface area contributed by atoms with Crippen molar-refractivity contribution in [2.75, 3.05) is 5.01 Å². The fraction of sp³-hybridized carbons (Fsp3) is 0.300. The molecule has 0 unspecified atom stereocenters. The molecule has 2 fully saturated rings. The lowest BCUT2D eigenvalue weighted by Crippen LogP contribution is -2.35. The minimum Gasteiger partial charge on any atom is -0.450 e. The first-order valence-corrected chi connectivity index (χ1v) is 9.77. The summed E-state index contributed by atoms with van der Waals surface area (Å²) in [5, 5.41) is 2.70. The van der Waals surface area contributed by atoms with Gasteiger partial charge in [-0.3, -0.25) is 15.0 Å². The maximum atomic E-state index is 12.6. The highest BCUT2D eigenvalue weighted by Crippen LogP contribution is 2.35. The number of rotatable bonds is 4. The Labute approximate surface area is 156 Å². The summed E-state index contributed by atoms with van der Waals surface area (Å²) in [7, 11) is 0. The van der Waals surface area contributed by atoms with E-state index in [0.717, 1.165) is 5.09 Å². The van der Waals surface area contributed by atoms with Crippen molar-refractivity contribution in [2.24, 2.45) is 0 Å². The Balaban J connectivity index is 1.49. The number of benzene rings is 1. The van der Waals surface area contributed by atoms with Gasteiger partial charge in [-0.2, -0.15) is 0 Å². The van der Waals surface area contributed by atoms with E-state index in [-0.39, 0.29) is 11.5 Å². The summed E-state index contributed by atoms with van der Waals surface area (Å²) >= 11 is 1.75.